The molecule has 2 aliphatic carbocycles. The summed E-state index contributed by atoms with van der Waals surface area (Å²) in [5, 5.41) is 4.65. The van der Waals surface area contributed by atoms with Gasteiger partial charge in [-0.3, -0.25) is 4.68 Å². The molecule has 0 radical (unpaired) electrons. The van der Waals surface area contributed by atoms with E-state index >= 15 is 0 Å². The molecule has 3 nitrogen and oxygen atoms in total. The molecule has 0 unspecified atom stereocenters. The third kappa shape index (κ3) is 2.25. The lowest BCUT2D eigenvalue weighted by Crippen LogP contribution is -2.13. The van der Waals surface area contributed by atoms with Gasteiger partial charge in [0.05, 0.1) is 12.2 Å². The van der Waals surface area contributed by atoms with Crippen molar-refractivity contribution in [2.45, 2.75) is 69.9 Å². The minimum absolute atomic E-state index is 0.647. The first-order valence-electron chi connectivity index (χ1n) is 7.16. The lowest BCUT2D eigenvalue weighted by Gasteiger charge is -2.18. The van der Waals surface area contributed by atoms with Gasteiger partial charge < -0.3 is 5.73 Å². The standard InChI is InChI=1S/C14H23N3/c15-9-12-10-16-17(14(12)11-7-8-11)13-5-3-1-2-4-6-13/h10-11,13H,1-9,15H2. The van der Waals surface area contributed by atoms with Gasteiger partial charge in [0.15, 0.2) is 0 Å². The van der Waals surface area contributed by atoms with Crippen LogP contribution in [0.25, 0.3) is 0 Å². The van der Waals surface area contributed by atoms with Crippen molar-refractivity contribution >= 4 is 0 Å². The number of rotatable bonds is 3. The topological polar surface area (TPSA) is 43.8 Å². The third-order valence-corrected chi connectivity index (χ3v) is 4.27. The fraction of sp³-hybridized carbons (Fsp3) is 0.786. The van der Waals surface area contributed by atoms with Crippen LogP contribution >= 0.6 is 0 Å². The number of nitrogens with zero attached hydrogens (tertiary/aromatic N) is 2. The maximum absolute atomic E-state index is 5.84. The summed E-state index contributed by atoms with van der Waals surface area (Å²) >= 11 is 0. The van der Waals surface area contributed by atoms with Crippen LogP contribution in [0, 0.1) is 0 Å². The molecular formula is C14H23N3. The van der Waals surface area contributed by atoms with E-state index in [-0.39, 0.29) is 0 Å². The Bertz CT molecular complexity index is 371. The van der Waals surface area contributed by atoms with Crippen LogP contribution in [-0.4, -0.2) is 9.78 Å². The van der Waals surface area contributed by atoms with E-state index < -0.39 is 0 Å². The van der Waals surface area contributed by atoms with Crippen molar-refractivity contribution in [2.75, 3.05) is 0 Å². The zero-order valence-electron chi connectivity index (χ0n) is 10.6. The molecule has 0 aromatic carbocycles. The summed E-state index contributed by atoms with van der Waals surface area (Å²) in [5.74, 6) is 0.763. The van der Waals surface area contributed by atoms with E-state index in [0.29, 0.717) is 12.6 Å². The molecule has 0 aliphatic heterocycles. The van der Waals surface area contributed by atoms with Crippen molar-refractivity contribution in [3.63, 3.8) is 0 Å². The fourth-order valence-electron chi connectivity index (χ4n) is 3.16. The van der Waals surface area contributed by atoms with Crippen molar-refractivity contribution in [1.82, 2.24) is 9.78 Å². The van der Waals surface area contributed by atoms with Gasteiger partial charge in [0.25, 0.3) is 0 Å². The number of hydrogen-bond acceptors (Lipinski definition) is 2. The van der Waals surface area contributed by atoms with Crippen LogP contribution in [0.4, 0.5) is 0 Å². The van der Waals surface area contributed by atoms with E-state index in [1.165, 1.54) is 62.6 Å². The molecule has 2 saturated carbocycles. The minimum Gasteiger partial charge on any atom is -0.326 e. The van der Waals surface area contributed by atoms with Crippen LogP contribution in [0.3, 0.4) is 0 Å². The number of nitrogens with two attached hydrogens (primary N) is 1. The molecule has 0 saturated heterocycles. The molecule has 2 fully saturated rings. The van der Waals surface area contributed by atoms with Crippen molar-refractivity contribution in [2.24, 2.45) is 5.73 Å². The molecule has 0 spiro atoms. The molecule has 3 heteroatoms. The Labute approximate surface area is 103 Å². The Morgan fingerprint density at radius 1 is 1.12 bits per heavy atom. The molecule has 17 heavy (non-hydrogen) atoms. The molecule has 3 rings (SSSR count). The Balaban J connectivity index is 1.87. The SMILES string of the molecule is NCc1cnn(C2CCCCCC2)c1C1CC1. The Hall–Kier alpha value is -0.830. The van der Waals surface area contributed by atoms with Gasteiger partial charge in [-0.05, 0) is 25.7 Å². The summed E-state index contributed by atoms with van der Waals surface area (Å²) in [7, 11) is 0. The van der Waals surface area contributed by atoms with Gasteiger partial charge in [-0.15, -0.1) is 0 Å². The zero-order valence-corrected chi connectivity index (χ0v) is 10.6. The maximum Gasteiger partial charge on any atom is 0.0537 e. The second-order valence-corrected chi connectivity index (χ2v) is 5.62. The van der Waals surface area contributed by atoms with Crippen LogP contribution in [0.2, 0.25) is 0 Å². The quantitative estimate of drug-likeness (QED) is 0.815. The van der Waals surface area contributed by atoms with Gasteiger partial charge in [0, 0.05) is 23.7 Å². The van der Waals surface area contributed by atoms with E-state index in [9.17, 15) is 0 Å². The molecule has 0 atom stereocenters. The van der Waals surface area contributed by atoms with E-state index in [2.05, 4.69) is 9.78 Å². The monoisotopic (exact) mass is 233 g/mol. The van der Waals surface area contributed by atoms with Gasteiger partial charge in [0.1, 0.15) is 0 Å². The zero-order chi connectivity index (χ0) is 11.7. The Morgan fingerprint density at radius 2 is 1.82 bits per heavy atom. The number of aromatic nitrogens is 2. The van der Waals surface area contributed by atoms with Gasteiger partial charge in [-0.2, -0.15) is 5.10 Å². The Morgan fingerprint density at radius 3 is 2.41 bits per heavy atom. The number of hydrogen-bond donors (Lipinski definition) is 1. The lowest BCUT2D eigenvalue weighted by atomic mass is 10.1. The molecule has 1 aromatic rings. The van der Waals surface area contributed by atoms with Crippen LogP contribution < -0.4 is 5.73 Å². The molecular weight excluding hydrogens is 210 g/mol. The van der Waals surface area contributed by atoms with Crippen LogP contribution in [0.15, 0.2) is 6.20 Å². The van der Waals surface area contributed by atoms with Crippen molar-refractivity contribution in [3.8, 4) is 0 Å². The highest BCUT2D eigenvalue weighted by Crippen LogP contribution is 2.43. The second kappa shape index (κ2) is 4.81. The molecule has 94 valence electrons. The summed E-state index contributed by atoms with van der Waals surface area (Å²) in [6.45, 7) is 0.651. The van der Waals surface area contributed by atoms with E-state index in [1.807, 2.05) is 6.20 Å². The molecule has 2 N–H and O–H groups in total. The molecule has 1 heterocycles. The summed E-state index contributed by atoms with van der Waals surface area (Å²) in [4.78, 5) is 0. The van der Waals surface area contributed by atoms with Gasteiger partial charge in [-0.1, -0.05) is 25.7 Å². The molecule has 1 aromatic heterocycles. The lowest BCUT2D eigenvalue weighted by molar-refractivity contribution is 0.393. The predicted molar refractivity (Wildman–Crippen MR) is 68.8 cm³/mol. The van der Waals surface area contributed by atoms with Crippen molar-refractivity contribution < 1.29 is 0 Å². The highest BCUT2D eigenvalue weighted by Gasteiger charge is 2.31. The van der Waals surface area contributed by atoms with Crippen molar-refractivity contribution in [3.05, 3.63) is 17.5 Å². The largest absolute Gasteiger partial charge is 0.326 e. The van der Waals surface area contributed by atoms with Crippen molar-refractivity contribution in [1.29, 1.82) is 0 Å². The van der Waals surface area contributed by atoms with Gasteiger partial charge in [-0.25, -0.2) is 0 Å². The molecule has 2 aliphatic rings. The molecule has 0 amide bonds. The fourth-order valence-corrected chi connectivity index (χ4v) is 3.16. The minimum atomic E-state index is 0.647. The average Bonchev–Trinajstić information content (AvgIpc) is 3.14. The Kier molecular flexibility index (Phi) is 3.19. The summed E-state index contributed by atoms with van der Waals surface area (Å²) in [6.07, 6.45) is 12.9. The average molecular weight is 233 g/mol. The first kappa shape index (κ1) is 11.3. The highest BCUT2D eigenvalue weighted by atomic mass is 15.3. The first-order chi connectivity index (χ1) is 8.40. The molecule has 0 bridgehead atoms. The van der Waals surface area contributed by atoms with Crippen LogP contribution in [0.5, 0.6) is 0 Å². The first-order valence-corrected chi connectivity index (χ1v) is 7.16. The second-order valence-electron chi connectivity index (χ2n) is 5.62. The van der Waals surface area contributed by atoms with E-state index in [0.717, 1.165) is 5.92 Å². The highest BCUT2D eigenvalue weighted by molar-refractivity contribution is 5.26. The summed E-state index contributed by atoms with van der Waals surface area (Å²) in [6, 6.07) is 0.647. The maximum atomic E-state index is 5.84. The van der Waals surface area contributed by atoms with Crippen LogP contribution in [-0.2, 0) is 6.54 Å². The predicted octanol–water partition coefficient (Wildman–Crippen LogP) is 3.11. The van der Waals surface area contributed by atoms with E-state index in [4.69, 9.17) is 5.73 Å². The third-order valence-electron chi connectivity index (χ3n) is 4.27. The normalized spacial score (nSPS) is 22.6. The summed E-state index contributed by atoms with van der Waals surface area (Å²) in [5.41, 5.74) is 8.60. The van der Waals surface area contributed by atoms with Gasteiger partial charge >= 0.3 is 0 Å². The summed E-state index contributed by atoms with van der Waals surface area (Å²) < 4.78 is 2.34. The van der Waals surface area contributed by atoms with Crippen LogP contribution in [0.1, 0.15) is 74.6 Å². The smallest absolute Gasteiger partial charge is 0.0537 e. The van der Waals surface area contributed by atoms with E-state index in [1.54, 1.807) is 0 Å². The van der Waals surface area contributed by atoms with Gasteiger partial charge in [0.2, 0.25) is 0 Å².